The van der Waals surface area contributed by atoms with Crippen LogP contribution < -0.4 is 0 Å². The Morgan fingerprint density at radius 2 is 1.86 bits per heavy atom. The van der Waals surface area contributed by atoms with E-state index in [-0.39, 0.29) is 6.04 Å². The topological polar surface area (TPSA) is 38.1 Å². The molecule has 1 fully saturated rings. The minimum atomic E-state index is -3.02. The lowest BCUT2D eigenvalue weighted by Gasteiger charge is -2.30. The van der Waals surface area contributed by atoms with Crippen LogP contribution in [0.5, 0.6) is 0 Å². The van der Waals surface area contributed by atoms with E-state index >= 15 is 0 Å². The van der Waals surface area contributed by atoms with Gasteiger partial charge in [-0.25, -0.2) is 13.5 Å². The number of hydrogen-bond donors (Lipinski definition) is 0. The third-order valence-electron chi connectivity index (χ3n) is 5.29. The van der Waals surface area contributed by atoms with Crippen molar-refractivity contribution in [3.63, 3.8) is 0 Å². The number of carbonyl (C=O) groups is 1. The highest BCUT2D eigenvalue weighted by Gasteiger charge is 2.41. The van der Waals surface area contributed by atoms with Crippen LogP contribution >= 0.6 is 0 Å². The second-order valence-electron chi connectivity index (χ2n) is 7.16. The van der Waals surface area contributed by atoms with E-state index in [1.165, 1.54) is 11.9 Å². The Hall–Kier alpha value is -2.83. The van der Waals surface area contributed by atoms with Crippen molar-refractivity contribution in [2.24, 2.45) is 7.05 Å². The van der Waals surface area contributed by atoms with Gasteiger partial charge in [0, 0.05) is 13.1 Å². The predicted octanol–water partition coefficient (Wildman–Crippen LogP) is 5.02. The van der Waals surface area contributed by atoms with Gasteiger partial charge in [-0.3, -0.25) is 4.79 Å². The summed E-state index contributed by atoms with van der Waals surface area (Å²) in [5.74, 6) is -1.76. The van der Waals surface area contributed by atoms with Crippen molar-refractivity contribution in [1.29, 1.82) is 0 Å². The molecule has 0 aliphatic heterocycles. The van der Waals surface area contributed by atoms with Crippen molar-refractivity contribution < 1.29 is 18.0 Å². The Labute approximate surface area is 160 Å². The van der Waals surface area contributed by atoms with Crippen molar-refractivity contribution >= 4 is 16.7 Å². The number of halogens is 3. The fraction of sp³-hybridized carbons (Fsp3) is 0.333. The zero-order chi connectivity index (χ0) is 20.0. The van der Waals surface area contributed by atoms with Gasteiger partial charge < -0.3 is 4.90 Å². The fourth-order valence-electron chi connectivity index (χ4n) is 3.78. The van der Waals surface area contributed by atoms with Crippen LogP contribution in [0.1, 0.15) is 53.8 Å². The Morgan fingerprint density at radius 1 is 1.18 bits per heavy atom. The second kappa shape index (κ2) is 6.96. The quantitative estimate of drug-likeness (QED) is 0.617. The lowest BCUT2D eigenvalue weighted by atomic mass is 9.98. The van der Waals surface area contributed by atoms with Crippen LogP contribution in [-0.4, -0.2) is 26.6 Å². The van der Waals surface area contributed by atoms with Crippen LogP contribution in [0.15, 0.2) is 42.5 Å². The summed E-state index contributed by atoms with van der Waals surface area (Å²) >= 11 is 0. The van der Waals surface area contributed by atoms with Crippen LogP contribution in [0, 0.1) is 5.95 Å². The number of amides is 1. The van der Waals surface area contributed by atoms with Crippen molar-refractivity contribution in [3.05, 3.63) is 65.2 Å². The summed E-state index contributed by atoms with van der Waals surface area (Å²) in [6, 6.07) is 13.1. The maximum absolute atomic E-state index is 14.5. The molecular weight excluding hydrogens is 367 g/mol. The summed E-state index contributed by atoms with van der Waals surface area (Å²) in [6.45, 7) is 1.86. The molecule has 1 aliphatic carbocycles. The molecule has 1 aliphatic rings. The van der Waals surface area contributed by atoms with Crippen molar-refractivity contribution in [2.45, 2.75) is 38.3 Å². The molecule has 4 rings (SSSR count). The molecule has 2 aromatic carbocycles. The largest absolute Gasteiger partial charge is 0.329 e. The van der Waals surface area contributed by atoms with Gasteiger partial charge in [0.2, 0.25) is 5.95 Å². The first kappa shape index (κ1) is 18.5. The highest BCUT2D eigenvalue weighted by atomic mass is 19.3. The SMILES string of the molecule is CC(c1cccc2ccccc12)N(C(=O)c1c(C(F)F)nn(C)c1F)C1CC1. The molecule has 1 atom stereocenters. The third-order valence-corrected chi connectivity index (χ3v) is 5.29. The summed E-state index contributed by atoms with van der Waals surface area (Å²) < 4.78 is 42.0. The van der Waals surface area contributed by atoms with E-state index in [1.807, 2.05) is 49.4 Å². The second-order valence-corrected chi connectivity index (χ2v) is 7.16. The minimum absolute atomic E-state index is 0.0911. The molecule has 0 saturated heterocycles. The highest BCUT2D eigenvalue weighted by molar-refractivity contribution is 5.96. The summed E-state index contributed by atoms with van der Waals surface area (Å²) in [5.41, 5.74) is -0.529. The number of hydrogen-bond acceptors (Lipinski definition) is 2. The predicted molar refractivity (Wildman–Crippen MR) is 99.7 cm³/mol. The molecule has 3 aromatic rings. The summed E-state index contributed by atoms with van der Waals surface area (Å²) in [5, 5.41) is 5.53. The first-order valence-corrected chi connectivity index (χ1v) is 9.21. The maximum Gasteiger partial charge on any atom is 0.283 e. The zero-order valence-corrected chi connectivity index (χ0v) is 15.6. The van der Waals surface area contributed by atoms with E-state index in [9.17, 15) is 18.0 Å². The number of rotatable bonds is 5. The molecule has 0 bridgehead atoms. The number of benzene rings is 2. The van der Waals surface area contributed by atoms with Gasteiger partial charge in [-0.2, -0.15) is 9.49 Å². The third kappa shape index (κ3) is 3.04. The summed E-state index contributed by atoms with van der Waals surface area (Å²) in [6.07, 6.45) is -1.48. The van der Waals surface area contributed by atoms with Gasteiger partial charge in [-0.05, 0) is 36.1 Å². The van der Waals surface area contributed by atoms with E-state index in [1.54, 1.807) is 0 Å². The normalized spacial score (nSPS) is 15.2. The number of alkyl halides is 2. The average molecular weight is 387 g/mol. The molecule has 7 heteroatoms. The fourth-order valence-corrected chi connectivity index (χ4v) is 3.78. The number of aromatic nitrogens is 2. The Balaban J connectivity index is 1.79. The van der Waals surface area contributed by atoms with E-state index in [2.05, 4.69) is 5.10 Å². The van der Waals surface area contributed by atoms with E-state index in [0.717, 1.165) is 29.2 Å². The van der Waals surface area contributed by atoms with Gasteiger partial charge in [-0.15, -0.1) is 0 Å². The van der Waals surface area contributed by atoms with Gasteiger partial charge in [0.05, 0.1) is 6.04 Å². The van der Waals surface area contributed by atoms with Crippen LogP contribution in [0.2, 0.25) is 0 Å². The van der Waals surface area contributed by atoms with Gasteiger partial charge in [-0.1, -0.05) is 42.5 Å². The van der Waals surface area contributed by atoms with Crippen molar-refractivity contribution in [1.82, 2.24) is 14.7 Å². The van der Waals surface area contributed by atoms with Crippen LogP contribution in [-0.2, 0) is 7.05 Å². The molecule has 1 heterocycles. The Morgan fingerprint density at radius 3 is 2.54 bits per heavy atom. The summed E-state index contributed by atoms with van der Waals surface area (Å²) in [7, 11) is 1.22. The molecule has 146 valence electrons. The first-order chi connectivity index (χ1) is 13.4. The maximum atomic E-state index is 14.5. The molecule has 1 unspecified atom stereocenters. The minimum Gasteiger partial charge on any atom is -0.329 e. The number of aryl methyl sites for hydroxylation is 1. The first-order valence-electron chi connectivity index (χ1n) is 9.21. The highest BCUT2D eigenvalue weighted by Crippen LogP contribution is 2.39. The molecule has 1 saturated carbocycles. The van der Waals surface area contributed by atoms with E-state index in [0.29, 0.717) is 4.68 Å². The van der Waals surface area contributed by atoms with Gasteiger partial charge in [0.15, 0.2) is 0 Å². The monoisotopic (exact) mass is 387 g/mol. The summed E-state index contributed by atoms with van der Waals surface area (Å²) in [4.78, 5) is 14.8. The van der Waals surface area contributed by atoms with Gasteiger partial charge in [0.25, 0.3) is 12.3 Å². The number of carbonyl (C=O) groups excluding carboxylic acids is 1. The molecule has 28 heavy (non-hydrogen) atoms. The van der Waals surface area contributed by atoms with E-state index in [4.69, 9.17) is 0 Å². The lowest BCUT2D eigenvalue weighted by Crippen LogP contribution is -2.36. The van der Waals surface area contributed by atoms with Crippen molar-refractivity contribution in [2.75, 3.05) is 0 Å². The Bertz CT molecular complexity index is 1040. The molecular formula is C21H20F3N3O. The zero-order valence-electron chi connectivity index (χ0n) is 15.6. The number of nitrogens with zero attached hydrogens (tertiary/aromatic N) is 3. The van der Waals surface area contributed by atoms with Crippen LogP contribution in [0.4, 0.5) is 13.2 Å². The molecule has 4 nitrogen and oxygen atoms in total. The van der Waals surface area contributed by atoms with Gasteiger partial charge >= 0.3 is 0 Å². The molecule has 0 radical (unpaired) electrons. The molecule has 0 N–H and O–H groups in total. The Kier molecular flexibility index (Phi) is 4.61. The van der Waals surface area contributed by atoms with Crippen LogP contribution in [0.3, 0.4) is 0 Å². The van der Waals surface area contributed by atoms with E-state index < -0.39 is 35.6 Å². The van der Waals surface area contributed by atoms with Crippen LogP contribution in [0.25, 0.3) is 10.8 Å². The van der Waals surface area contributed by atoms with Gasteiger partial charge in [0.1, 0.15) is 11.3 Å². The smallest absolute Gasteiger partial charge is 0.283 e. The van der Waals surface area contributed by atoms with Crippen molar-refractivity contribution in [3.8, 4) is 0 Å². The standard InChI is InChI=1S/C21H20F3N3O/c1-12(15-9-5-7-13-6-3-4-8-16(13)15)27(14-10-11-14)21(28)17-18(19(22)23)25-26(2)20(17)24/h3-9,12,14,19H,10-11H2,1-2H3. The lowest BCUT2D eigenvalue weighted by molar-refractivity contribution is 0.0658. The molecule has 1 aromatic heterocycles. The number of fused-ring (bicyclic) bond motifs is 1. The molecule has 0 spiro atoms. The molecule has 1 amide bonds. The average Bonchev–Trinajstić information content (AvgIpc) is 3.46.